The van der Waals surface area contributed by atoms with Gasteiger partial charge in [-0.2, -0.15) is 0 Å². The van der Waals surface area contributed by atoms with E-state index in [2.05, 4.69) is 0 Å². The minimum atomic E-state index is -0.727. The highest BCUT2D eigenvalue weighted by atomic mass is 16.6. The average Bonchev–Trinajstić information content (AvgIpc) is 3.46. The highest BCUT2D eigenvalue weighted by Gasteiger charge is 2.30. The lowest BCUT2D eigenvalue weighted by molar-refractivity contribution is -0.385. The van der Waals surface area contributed by atoms with E-state index in [4.69, 9.17) is 9.40 Å². The number of benzene rings is 3. The molecule has 0 saturated heterocycles. The van der Waals surface area contributed by atoms with Crippen LogP contribution in [0.25, 0.3) is 16.6 Å². The third kappa shape index (κ3) is 4.89. The van der Waals surface area contributed by atoms with Crippen LogP contribution in [-0.2, 0) is 6.54 Å². The minimum absolute atomic E-state index is 0.0597. The first kappa shape index (κ1) is 26.6. The molecule has 1 unspecified atom stereocenters. The summed E-state index contributed by atoms with van der Waals surface area (Å²) in [6, 6.07) is 20.1. The fraction of sp³-hybridized carbons (Fsp3) is 0.194. The molecule has 202 valence electrons. The quantitative estimate of drug-likeness (QED) is 0.180. The van der Waals surface area contributed by atoms with Gasteiger partial charge in [0, 0.05) is 17.2 Å². The maximum Gasteiger partial charge on any atom is 0.273 e. The summed E-state index contributed by atoms with van der Waals surface area (Å²) in [5.74, 6) is 0.420. The molecule has 0 aliphatic heterocycles. The summed E-state index contributed by atoms with van der Waals surface area (Å²) in [6.07, 6.45) is 1.51. The molecule has 0 saturated carbocycles. The van der Waals surface area contributed by atoms with Crippen molar-refractivity contribution in [2.75, 3.05) is 0 Å². The van der Waals surface area contributed by atoms with Crippen molar-refractivity contribution in [1.82, 2.24) is 14.5 Å². The van der Waals surface area contributed by atoms with E-state index in [1.807, 2.05) is 38.1 Å². The summed E-state index contributed by atoms with van der Waals surface area (Å²) in [6.45, 7) is 7.34. The Labute approximate surface area is 230 Å². The standard InChI is InChI=1S/C31H28N4O5/c1-19-11-12-20(2)27(16-19)34-29(32-26-10-6-5-9-25(26)31(34)37)22(4)33(18-24-8-7-15-40-24)30(36)23-14-13-21(3)28(17-23)35(38)39/h5-17,22H,18H2,1-4H3. The largest absolute Gasteiger partial charge is 0.467 e. The second-order valence-corrected chi connectivity index (χ2v) is 9.86. The van der Waals surface area contributed by atoms with E-state index in [1.165, 1.54) is 17.2 Å². The number of rotatable bonds is 7. The average molecular weight is 537 g/mol. The number of aromatic nitrogens is 2. The van der Waals surface area contributed by atoms with Crippen LogP contribution in [0.4, 0.5) is 5.69 Å². The normalized spacial score (nSPS) is 11.9. The van der Waals surface area contributed by atoms with Gasteiger partial charge in [0.25, 0.3) is 17.2 Å². The van der Waals surface area contributed by atoms with Gasteiger partial charge in [0.1, 0.15) is 11.6 Å². The summed E-state index contributed by atoms with van der Waals surface area (Å²) in [5.41, 5.74) is 3.22. The molecular formula is C31H28N4O5. The van der Waals surface area contributed by atoms with Crippen molar-refractivity contribution >= 4 is 22.5 Å². The number of furan rings is 1. The molecule has 1 amide bonds. The van der Waals surface area contributed by atoms with Crippen molar-refractivity contribution in [3.05, 3.63) is 133 Å². The maximum atomic E-state index is 14.0. The number of nitrogens with zero attached hydrogens (tertiary/aromatic N) is 4. The molecule has 0 aliphatic rings. The van der Waals surface area contributed by atoms with E-state index in [-0.39, 0.29) is 23.4 Å². The van der Waals surface area contributed by atoms with E-state index in [9.17, 15) is 19.7 Å². The number of para-hydroxylation sites is 1. The third-order valence-corrected chi connectivity index (χ3v) is 7.07. The van der Waals surface area contributed by atoms with Gasteiger partial charge in [0.05, 0.1) is 40.4 Å². The minimum Gasteiger partial charge on any atom is -0.467 e. The fourth-order valence-corrected chi connectivity index (χ4v) is 4.82. The number of carbonyl (C=O) groups excluding carboxylic acids is 1. The second kappa shape index (κ2) is 10.6. The summed E-state index contributed by atoms with van der Waals surface area (Å²) >= 11 is 0. The maximum absolute atomic E-state index is 14.0. The van der Waals surface area contributed by atoms with Gasteiger partial charge in [0.15, 0.2) is 0 Å². The Bertz CT molecular complexity index is 1810. The lowest BCUT2D eigenvalue weighted by Gasteiger charge is -2.30. The van der Waals surface area contributed by atoms with E-state index >= 15 is 0 Å². The number of hydrogen-bond acceptors (Lipinski definition) is 6. The molecule has 0 fully saturated rings. The Balaban J connectivity index is 1.73. The first-order chi connectivity index (χ1) is 19.2. The predicted molar refractivity (Wildman–Crippen MR) is 152 cm³/mol. The monoisotopic (exact) mass is 536 g/mol. The van der Waals surface area contributed by atoms with E-state index in [0.717, 1.165) is 11.1 Å². The first-order valence-corrected chi connectivity index (χ1v) is 12.8. The first-order valence-electron chi connectivity index (χ1n) is 12.8. The Morgan fingerprint density at radius 2 is 1.77 bits per heavy atom. The van der Waals surface area contributed by atoms with Crippen molar-refractivity contribution < 1.29 is 14.1 Å². The van der Waals surface area contributed by atoms with Crippen LogP contribution in [0.15, 0.2) is 88.3 Å². The predicted octanol–water partition coefficient (Wildman–Crippen LogP) is 6.22. The number of hydrogen-bond donors (Lipinski definition) is 0. The van der Waals surface area contributed by atoms with E-state index in [0.29, 0.717) is 33.7 Å². The smallest absolute Gasteiger partial charge is 0.273 e. The van der Waals surface area contributed by atoms with Crippen LogP contribution >= 0.6 is 0 Å². The lowest BCUT2D eigenvalue weighted by Crippen LogP contribution is -2.37. The summed E-state index contributed by atoms with van der Waals surface area (Å²) in [7, 11) is 0. The number of fused-ring (bicyclic) bond motifs is 1. The topological polar surface area (TPSA) is 111 Å². The van der Waals surface area contributed by atoms with Crippen LogP contribution in [0.3, 0.4) is 0 Å². The van der Waals surface area contributed by atoms with Crippen molar-refractivity contribution in [2.24, 2.45) is 0 Å². The fourth-order valence-electron chi connectivity index (χ4n) is 4.82. The van der Waals surface area contributed by atoms with Crippen LogP contribution in [0.5, 0.6) is 0 Å². The molecule has 9 nitrogen and oxygen atoms in total. The van der Waals surface area contributed by atoms with Gasteiger partial charge in [-0.05, 0) is 75.2 Å². The van der Waals surface area contributed by atoms with Crippen molar-refractivity contribution in [3.63, 3.8) is 0 Å². The third-order valence-electron chi connectivity index (χ3n) is 7.07. The van der Waals surface area contributed by atoms with E-state index in [1.54, 1.807) is 60.9 Å². The molecule has 2 heterocycles. The Morgan fingerprint density at radius 1 is 1.02 bits per heavy atom. The van der Waals surface area contributed by atoms with Crippen LogP contribution in [0.1, 0.15) is 51.6 Å². The number of aryl methyl sites for hydroxylation is 3. The Hall–Kier alpha value is -5.05. The number of nitro benzene ring substituents is 1. The molecule has 0 N–H and O–H groups in total. The van der Waals surface area contributed by atoms with Crippen LogP contribution in [-0.4, -0.2) is 25.3 Å². The van der Waals surface area contributed by atoms with E-state index < -0.39 is 16.9 Å². The SMILES string of the molecule is Cc1ccc(C)c(-n2c(C(C)N(Cc3ccco3)C(=O)c3ccc(C)c([N+](=O)[O-])c3)nc3ccccc3c2=O)c1. The molecule has 0 radical (unpaired) electrons. The van der Waals surface area contributed by atoms with Gasteiger partial charge in [0.2, 0.25) is 0 Å². The molecule has 2 aromatic heterocycles. The molecule has 0 bridgehead atoms. The van der Waals surface area contributed by atoms with Gasteiger partial charge in [-0.3, -0.25) is 24.3 Å². The highest BCUT2D eigenvalue weighted by Crippen LogP contribution is 2.29. The van der Waals surface area contributed by atoms with Crippen LogP contribution in [0, 0.1) is 30.9 Å². The van der Waals surface area contributed by atoms with Crippen molar-refractivity contribution in [3.8, 4) is 5.69 Å². The zero-order valence-corrected chi connectivity index (χ0v) is 22.6. The van der Waals surface area contributed by atoms with Gasteiger partial charge in [-0.15, -0.1) is 0 Å². The van der Waals surface area contributed by atoms with Gasteiger partial charge in [-0.25, -0.2) is 4.98 Å². The zero-order chi connectivity index (χ0) is 28.6. The summed E-state index contributed by atoms with van der Waals surface area (Å²) in [4.78, 5) is 45.5. The van der Waals surface area contributed by atoms with Crippen LogP contribution < -0.4 is 5.56 Å². The number of nitro groups is 1. The Morgan fingerprint density at radius 3 is 2.50 bits per heavy atom. The number of amides is 1. The molecular weight excluding hydrogens is 508 g/mol. The molecule has 3 aromatic carbocycles. The molecule has 5 aromatic rings. The van der Waals surface area contributed by atoms with Gasteiger partial charge in [-0.1, -0.05) is 30.3 Å². The summed E-state index contributed by atoms with van der Waals surface area (Å²) in [5, 5.41) is 12.1. The second-order valence-electron chi connectivity index (χ2n) is 9.86. The Kier molecular flexibility index (Phi) is 7.04. The zero-order valence-electron chi connectivity index (χ0n) is 22.6. The molecule has 9 heteroatoms. The molecule has 5 rings (SSSR count). The molecule has 0 spiro atoms. The van der Waals surface area contributed by atoms with Crippen LogP contribution in [0.2, 0.25) is 0 Å². The van der Waals surface area contributed by atoms with Gasteiger partial charge >= 0.3 is 0 Å². The van der Waals surface area contributed by atoms with Crippen molar-refractivity contribution in [1.29, 1.82) is 0 Å². The molecule has 1 atom stereocenters. The molecule has 0 aliphatic carbocycles. The highest BCUT2D eigenvalue weighted by molar-refractivity contribution is 5.95. The molecule has 40 heavy (non-hydrogen) atoms. The van der Waals surface area contributed by atoms with Gasteiger partial charge < -0.3 is 9.32 Å². The summed E-state index contributed by atoms with van der Waals surface area (Å²) < 4.78 is 7.13. The lowest BCUT2D eigenvalue weighted by atomic mass is 10.1. The van der Waals surface area contributed by atoms with Crippen molar-refractivity contribution in [2.45, 2.75) is 40.3 Å². The number of carbonyl (C=O) groups is 1.